The van der Waals surface area contributed by atoms with Gasteiger partial charge in [-0.2, -0.15) is 5.10 Å². The maximum Gasteiger partial charge on any atom is 0.126 e. The SMILES string of the molecule is CN(C)Cc1ccnc(NCc2ccccc2-n2cccn2)c1. The molecular weight excluding hydrogens is 286 g/mol. The molecule has 0 aliphatic carbocycles. The molecule has 0 spiro atoms. The van der Waals surface area contributed by atoms with Gasteiger partial charge in [-0.15, -0.1) is 0 Å². The van der Waals surface area contributed by atoms with E-state index in [1.807, 2.05) is 41.3 Å². The van der Waals surface area contributed by atoms with Gasteiger partial charge < -0.3 is 10.2 Å². The quantitative estimate of drug-likeness (QED) is 0.760. The van der Waals surface area contributed by atoms with Crippen molar-refractivity contribution in [2.24, 2.45) is 0 Å². The van der Waals surface area contributed by atoms with Gasteiger partial charge in [0.1, 0.15) is 5.82 Å². The lowest BCUT2D eigenvalue weighted by Gasteiger charge is -2.13. The number of para-hydroxylation sites is 1. The van der Waals surface area contributed by atoms with E-state index in [4.69, 9.17) is 0 Å². The molecule has 1 N–H and O–H groups in total. The topological polar surface area (TPSA) is 46.0 Å². The molecule has 3 rings (SSSR count). The normalized spacial score (nSPS) is 10.9. The van der Waals surface area contributed by atoms with Crippen LogP contribution in [0.2, 0.25) is 0 Å². The number of nitrogens with one attached hydrogen (secondary N) is 1. The maximum atomic E-state index is 4.40. The summed E-state index contributed by atoms with van der Waals surface area (Å²) in [5.74, 6) is 0.889. The zero-order chi connectivity index (χ0) is 16.1. The Hall–Kier alpha value is -2.66. The number of nitrogens with zero attached hydrogens (tertiary/aromatic N) is 4. The van der Waals surface area contributed by atoms with Gasteiger partial charge in [-0.25, -0.2) is 9.67 Å². The lowest BCUT2D eigenvalue weighted by atomic mass is 10.1. The highest BCUT2D eigenvalue weighted by molar-refractivity contribution is 5.44. The van der Waals surface area contributed by atoms with Gasteiger partial charge >= 0.3 is 0 Å². The average Bonchev–Trinajstić information content (AvgIpc) is 3.07. The molecule has 0 atom stereocenters. The molecule has 0 fully saturated rings. The van der Waals surface area contributed by atoms with E-state index in [0.29, 0.717) is 6.54 Å². The summed E-state index contributed by atoms with van der Waals surface area (Å²) in [6.45, 7) is 1.61. The van der Waals surface area contributed by atoms with E-state index >= 15 is 0 Å². The van der Waals surface area contributed by atoms with E-state index in [1.165, 1.54) is 11.1 Å². The number of pyridine rings is 1. The number of rotatable bonds is 6. The summed E-state index contributed by atoms with van der Waals surface area (Å²) in [6.07, 6.45) is 5.59. The first-order chi connectivity index (χ1) is 11.2. The van der Waals surface area contributed by atoms with Crippen molar-refractivity contribution in [2.45, 2.75) is 13.1 Å². The van der Waals surface area contributed by atoms with E-state index in [9.17, 15) is 0 Å². The molecule has 0 saturated heterocycles. The predicted molar refractivity (Wildman–Crippen MR) is 92.5 cm³/mol. The van der Waals surface area contributed by atoms with Gasteiger partial charge in [0, 0.05) is 31.7 Å². The van der Waals surface area contributed by atoms with Crippen molar-refractivity contribution >= 4 is 5.82 Å². The monoisotopic (exact) mass is 307 g/mol. The van der Waals surface area contributed by atoms with Crippen LogP contribution in [0.5, 0.6) is 0 Å². The summed E-state index contributed by atoms with van der Waals surface area (Å²) in [5, 5.41) is 7.72. The molecule has 2 heterocycles. The summed E-state index contributed by atoms with van der Waals surface area (Å²) in [4.78, 5) is 6.55. The molecule has 0 aliphatic heterocycles. The van der Waals surface area contributed by atoms with Gasteiger partial charge in [0.15, 0.2) is 0 Å². The largest absolute Gasteiger partial charge is 0.366 e. The zero-order valence-electron chi connectivity index (χ0n) is 13.5. The lowest BCUT2D eigenvalue weighted by molar-refractivity contribution is 0.402. The second-order valence-corrected chi connectivity index (χ2v) is 5.72. The van der Waals surface area contributed by atoms with Gasteiger partial charge in [0.25, 0.3) is 0 Å². The summed E-state index contributed by atoms with van der Waals surface area (Å²) < 4.78 is 1.88. The minimum atomic E-state index is 0.703. The van der Waals surface area contributed by atoms with Crippen molar-refractivity contribution in [1.82, 2.24) is 19.7 Å². The van der Waals surface area contributed by atoms with E-state index in [-0.39, 0.29) is 0 Å². The van der Waals surface area contributed by atoms with Crippen molar-refractivity contribution in [3.63, 3.8) is 0 Å². The van der Waals surface area contributed by atoms with Gasteiger partial charge in [0.2, 0.25) is 0 Å². The third-order valence-corrected chi connectivity index (χ3v) is 3.53. The molecule has 0 bridgehead atoms. The van der Waals surface area contributed by atoms with E-state index in [0.717, 1.165) is 18.1 Å². The van der Waals surface area contributed by atoms with E-state index in [2.05, 4.69) is 52.6 Å². The first kappa shape index (κ1) is 15.2. The fourth-order valence-corrected chi connectivity index (χ4v) is 2.52. The molecular formula is C18H21N5. The summed E-state index contributed by atoms with van der Waals surface area (Å²) in [5.41, 5.74) is 3.50. The van der Waals surface area contributed by atoms with Crippen molar-refractivity contribution in [3.05, 3.63) is 72.2 Å². The van der Waals surface area contributed by atoms with Crippen LogP contribution in [0.15, 0.2) is 61.1 Å². The molecule has 0 saturated carbocycles. The third-order valence-electron chi connectivity index (χ3n) is 3.53. The Bertz CT molecular complexity index is 750. The molecule has 1 aromatic carbocycles. The molecule has 0 aliphatic rings. The Morgan fingerprint density at radius 2 is 1.96 bits per heavy atom. The van der Waals surface area contributed by atoms with Gasteiger partial charge in [-0.05, 0) is 49.5 Å². The number of hydrogen-bond acceptors (Lipinski definition) is 4. The Morgan fingerprint density at radius 1 is 1.09 bits per heavy atom. The molecule has 3 aromatic rings. The van der Waals surface area contributed by atoms with Gasteiger partial charge in [-0.1, -0.05) is 18.2 Å². The first-order valence-corrected chi connectivity index (χ1v) is 7.64. The van der Waals surface area contributed by atoms with Crippen molar-refractivity contribution in [1.29, 1.82) is 0 Å². The predicted octanol–water partition coefficient (Wildman–Crippen LogP) is 2.94. The Morgan fingerprint density at radius 3 is 2.74 bits per heavy atom. The van der Waals surface area contributed by atoms with Crippen LogP contribution in [-0.4, -0.2) is 33.8 Å². The Kier molecular flexibility index (Phi) is 4.68. The fraction of sp³-hybridized carbons (Fsp3) is 0.222. The number of anilines is 1. The van der Waals surface area contributed by atoms with Crippen molar-refractivity contribution in [3.8, 4) is 5.69 Å². The minimum Gasteiger partial charge on any atom is -0.366 e. The summed E-state index contributed by atoms with van der Waals surface area (Å²) in [6, 6.07) is 14.3. The number of hydrogen-bond donors (Lipinski definition) is 1. The third kappa shape index (κ3) is 3.96. The highest BCUT2D eigenvalue weighted by Gasteiger charge is 2.05. The summed E-state index contributed by atoms with van der Waals surface area (Å²) in [7, 11) is 4.13. The van der Waals surface area contributed by atoms with Crippen LogP contribution in [0.25, 0.3) is 5.69 Å². The fourth-order valence-electron chi connectivity index (χ4n) is 2.52. The van der Waals surface area contributed by atoms with Crippen LogP contribution in [0.1, 0.15) is 11.1 Å². The standard InChI is InChI=1S/C18H21N5/c1-22(2)14-15-8-10-19-18(12-15)20-13-16-6-3-4-7-17(16)23-11-5-9-21-23/h3-12H,13-14H2,1-2H3,(H,19,20). The minimum absolute atomic E-state index is 0.703. The van der Waals surface area contributed by atoms with Crippen LogP contribution in [0.4, 0.5) is 5.82 Å². The van der Waals surface area contributed by atoms with Crippen LogP contribution in [0, 0.1) is 0 Å². The van der Waals surface area contributed by atoms with Crippen LogP contribution in [0.3, 0.4) is 0 Å². The average molecular weight is 307 g/mol. The van der Waals surface area contributed by atoms with Gasteiger partial charge in [-0.3, -0.25) is 0 Å². The molecule has 23 heavy (non-hydrogen) atoms. The zero-order valence-corrected chi connectivity index (χ0v) is 13.5. The molecule has 0 radical (unpaired) electrons. The molecule has 2 aromatic heterocycles. The Balaban J connectivity index is 1.74. The van der Waals surface area contributed by atoms with Crippen LogP contribution in [-0.2, 0) is 13.1 Å². The lowest BCUT2D eigenvalue weighted by Crippen LogP contribution is -2.11. The van der Waals surface area contributed by atoms with E-state index in [1.54, 1.807) is 6.20 Å². The highest BCUT2D eigenvalue weighted by atomic mass is 15.3. The molecule has 118 valence electrons. The maximum absolute atomic E-state index is 4.40. The molecule has 0 amide bonds. The van der Waals surface area contributed by atoms with Gasteiger partial charge in [0.05, 0.1) is 5.69 Å². The van der Waals surface area contributed by atoms with E-state index < -0.39 is 0 Å². The second-order valence-electron chi connectivity index (χ2n) is 5.72. The van der Waals surface area contributed by atoms with Crippen molar-refractivity contribution < 1.29 is 0 Å². The second kappa shape index (κ2) is 7.07. The highest BCUT2D eigenvalue weighted by Crippen LogP contribution is 2.16. The number of aromatic nitrogens is 3. The molecule has 0 unspecified atom stereocenters. The Labute approximate surface area is 136 Å². The number of benzene rings is 1. The van der Waals surface area contributed by atoms with Crippen LogP contribution >= 0.6 is 0 Å². The summed E-state index contributed by atoms with van der Waals surface area (Å²) >= 11 is 0. The molecule has 5 heteroatoms. The first-order valence-electron chi connectivity index (χ1n) is 7.64. The van der Waals surface area contributed by atoms with Crippen LogP contribution < -0.4 is 5.32 Å². The molecule has 5 nitrogen and oxygen atoms in total. The smallest absolute Gasteiger partial charge is 0.126 e. The van der Waals surface area contributed by atoms with Crippen molar-refractivity contribution in [2.75, 3.05) is 19.4 Å².